The van der Waals surface area contributed by atoms with E-state index in [1.807, 2.05) is 81.4 Å². The molecule has 3 amide bonds. The molecule has 0 aromatic heterocycles. The van der Waals surface area contributed by atoms with Gasteiger partial charge in [-0.05, 0) is 134 Å². The molecule has 0 fully saturated rings. The van der Waals surface area contributed by atoms with Crippen molar-refractivity contribution in [1.82, 2.24) is 16.0 Å². The first-order chi connectivity index (χ1) is 29.7. The Morgan fingerprint density at radius 1 is 0.424 bits per heavy atom. The molecule has 0 aliphatic heterocycles. The number of halogens is 1. The molecule has 0 spiro atoms. The van der Waals surface area contributed by atoms with Gasteiger partial charge < -0.3 is 35.9 Å². The molecule has 3 rings (SSSR count). The van der Waals surface area contributed by atoms with Gasteiger partial charge in [-0.2, -0.15) is 0 Å². The number of nitrogens with two attached hydrogens (primary N) is 1. The molecule has 13 nitrogen and oxygen atoms in total. The van der Waals surface area contributed by atoms with E-state index in [4.69, 9.17) is 19.9 Å². The predicted octanol–water partition coefficient (Wildman–Crippen LogP) is 11.5. The van der Waals surface area contributed by atoms with Crippen LogP contribution in [0, 0.1) is 29.0 Å². The molecule has 5 N–H and O–H groups in total. The van der Waals surface area contributed by atoms with Crippen LogP contribution in [-0.2, 0) is 14.2 Å². The molecule has 0 saturated carbocycles. The van der Waals surface area contributed by atoms with E-state index < -0.39 is 75.3 Å². The van der Waals surface area contributed by atoms with Gasteiger partial charge in [0, 0.05) is 22.4 Å². The van der Waals surface area contributed by atoms with E-state index in [2.05, 4.69) is 16.0 Å². The number of carbonyl (C=O) groups excluding carboxylic acids is 6. The summed E-state index contributed by atoms with van der Waals surface area (Å²) in [4.78, 5) is 74.0. The van der Waals surface area contributed by atoms with Gasteiger partial charge in [0.15, 0.2) is 17.3 Å². The fourth-order valence-corrected chi connectivity index (χ4v) is 5.78. The molecule has 14 heteroatoms. The lowest BCUT2D eigenvalue weighted by molar-refractivity contribution is 0.0441. The van der Waals surface area contributed by atoms with Gasteiger partial charge in [-0.3, -0.25) is 14.4 Å². The molecule has 0 radical (unpaired) electrons. The average Bonchev–Trinajstić information content (AvgIpc) is 3.12. The van der Waals surface area contributed by atoms with Crippen molar-refractivity contribution in [3.63, 3.8) is 0 Å². The lowest BCUT2D eigenvalue weighted by atomic mass is 9.82. The molecule has 366 valence electrons. The minimum atomic E-state index is -0.771. The second-order valence-electron chi connectivity index (χ2n) is 22.4. The van der Waals surface area contributed by atoms with Crippen LogP contribution in [0.25, 0.3) is 0 Å². The molecular formula is C52H77FN4O9. The number of carbonyl (C=O) groups is 6. The highest BCUT2D eigenvalue weighted by atomic mass is 19.1. The summed E-state index contributed by atoms with van der Waals surface area (Å²) in [6, 6.07) is 17.2. The van der Waals surface area contributed by atoms with Gasteiger partial charge in [0.05, 0.1) is 0 Å². The number of ketones is 3. The maximum Gasteiger partial charge on any atom is 0.408 e. The summed E-state index contributed by atoms with van der Waals surface area (Å²) < 4.78 is 28.7. The lowest BCUT2D eigenvalue weighted by Crippen LogP contribution is -2.50. The number of amides is 3. The van der Waals surface area contributed by atoms with Crippen molar-refractivity contribution in [3.8, 4) is 0 Å². The highest BCUT2D eigenvalue weighted by Gasteiger charge is 2.37. The van der Waals surface area contributed by atoms with E-state index in [0.717, 1.165) is 5.56 Å². The number of ether oxygens (including phenoxy) is 3. The molecule has 66 heavy (non-hydrogen) atoms. The van der Waals surface area contributed by atoms with Crippen molar-refractivity contribution in [1.29, 1.82) is 0 Å². The van der Waals surface area contributed by atoms with Crippen molar-refractivity contribution < 1.29 is 47.4 Å². The van der Waals surface area contributed by atoms with Crippen molar-refractivity contribution in [3.05, 3.63) is 101 Å². The standard InChI is InChI=1S/C18H27NO3.C17H24FNO3.C17H26N2O3/c1-12-8-10-13(11-9-12)14(20)15(17(2,3)4)19-16(21)22-18(5,6)7;2*1-16(2,3)14(19-15(21)22-17(4,5)6)13(20)11-7-9-12(18)10-8-11/h8-11,15H,1-7H3,(H,19,21);7-10,14H,1-6H3,(H,19,21);7-10,14H,18H2,1-6H3,(H,19,21)/t15-;2*14-/m111/s1. The van der Waals surface area contributed by atoms with E-state index in [-0.39, 0.29) is 17.3 Å². The Morgan fingerprint density at radius 3 is 0.879 bits per heavy atom. The summed E-state index contributed by atoms with van der Waals surface area (Å²) in [5.74, 6) is -0.973. The largest absolute Gasteiger partial charge is 0.444 e. The maximum atomic E-state index is 13.0. The Morgan fingerprint density at radius 2 is 0.652 bits per heavy atom. The number of nitrogen functional groups attached to an aromatic ring is 1. The molecule has 0 saturated heterocycles. The van der Waals surface area contributed by atoms with Crippen LogP contribution in [0.2, 0.25) is 0 Å². The third-order valence-electron chi connectivity index (χ3n) is 9.03. The first-order valence-corrected chi connectivity index (χ1v) is 22.0. The number of nitrogens with one attached hydrogen (secondary N) is 3. The van der Waals surface area contributed by atoms with Crippen LogP contribution in [0.4, 0.5) is 24.5 Å². The summed E-state index contributed by atoms with van der Waals surface area (Å²) in [6.45, 7) is 34.9. The zero-order valence-electron chi connectivity index (χ0n) is 42.8. The van der Waals surface area contributed by atoms with Crippen molar-refractivity contribution in [2.75, 3.05) is 5.73 Å². The summed E-state index contributed by atoms with van der Waals surface area (Å²) in [5, 5.41) is 8.02. The van der Waals surface area contributed by atoms with Crippen LogP contribution in [-0.4, -0.2) is 70.6 Å². The number of rotatable bonds is 9. The Bertz CT molecular complexity index is 1850. The van der Waals surface area contributed by atoms with E-state index >= 15 is 0 Å². The minimum absolute atomic E-state index is 0.113. The van der Waals surface area contributed by atoms with E-state index in [9.17, 15) is 33.2 Å². The normalized spacial score (nSPS) is 13.4. The van der Waals surface area contributed by atoms with Crippen LogP contribution in [0.3, 0.4) is 0 Å². The van der Waals surface area contributed by atoms with E-state index in [0.29, 0.717) is 22.4 Å². The smallest absolute Gasteiger partial charge is 0.408 e. The minimum Gasteiger partial charge on any atom is -0.444 e. The number of aryl methyl sites for hydroxylation is 1. The molecular weight excluding hydrogens is 844 g/mol. The van der Waals surface area contributed by atoms with Gasteiger partial charge in [0.25, 0.3) is 0 Å². The molecule has 3 atom stereocenters. The summed E-state index contributed by atoms with van der Waals surface area (Å²) >= 11 is 0. The monoisotopic (exact) mass is 921 g/mol. The van der Waals surface area contributed by atoms with Crippen LogP contribution < -0.4 is 21.7 Å². The van der Waals surface area contributed by atoms with Crippen molar-refractivity contribution in [2.45, 2.75) is 166 Å². The average molecular weight is 921 g/mol. The molecule has 0 unspecified atom stereocenters. The first kappa shape index (κ1) is 58.2. The van der Waals surface area contributed by atoms with Crippen LogP contribution >= 0.6 is 0 Å². The topological polar surface area (TPSA) is 192 Å². The number of hydrogen-bond acceptors (Lipinski definition) is 10. The number of hydrogen-bond donors (Lipinski definition) is 4. The van der Waals surface area contributed by atoms with Gasteiger partial charge in [-0.25, -0.2) is 18.8 Å². The van der Waals surface area contributed by atoms with Crippen molar-refractivity contribution in [2.24, 2.45) is 16.2 Å². The Kier molecular flexibility index (Phi) is 20.4. The second kappa shape index (κ2) is 23.1. The summed E-state index contributed by atoms with van der Waals surface area (Å²) in [7, 11) is 0. The van der Waals surface area contributed by atoms with Gasteiger partial charge in [0.1, 0.15) is 40.7 Å². The molecule has 0 aliphatic rings. The molecule has 0 heterocycles. The SMILES string of the molecule is CC(C)(C)OC(=O)N[C@H](C(=O)c1ccc(F)cc1)C(C)(C)C.CC(C)(C)OC(=O)N[C@H](C(=O)c1ccc(N)cc1)C(C)(C)C.Cc1ccc(C(=O)[C@@H](NC(=O)OC(C)(C)C)C(C)(C)C)cc1. The van der Waals surface area contributed by atoms with Crippen molar-refractivity contribution >= 4 is 41.3 Å². The van der Waals surface area contributed by atoms with Gasteiger partial charge in [-0.15, -0.1) is 0 Å². The van der Waals surface area contributed by atoms with Crippen LogP contribution in [0.5, 0.6) is 0 Å². The Labute approximate surface area is 392 Å². The number of anilines is 1. The molecule has 3 aromatic rings. The summed E-state index contributed by atoms with van der Waals surface area (Å²) in [6.07, 6.45) is -1.83. The third kappa shape index (κ3) is 21.9. The Balaban J connectivity index is 0.000000495. The molecule has 3 aromatic carbocycles. The van der Waals surface area contributed by atoms with E-state index in [1.54, 1.807) is 98.7 Å². The quantitative estimate of drug-likeness (QED) is 0.0912. The number of benzene rings is 3. The van der Waals surface area contributed by atoms with E-state index in [1.165, 1.54) is 24.3 Å². The number of alkyl carbamates (subject to hydrolysis) is 3. The maximum absolute atomic E-state index is 13.0. The van der Waals surface area contributed by atoms with Gasteiger partial charge in [-0.1, -0.05) is 92.1 Å². The predicted molar refractivity (Wildman–Crippen MR) is 259 cm³/mol. The lowest BCUT2D eigenvalue weighted by Gasteiger charge is -2.31. The molecule has 0 aliphatic carbocycles. The first-order valence-electron chi connectivity index (χ1n) is 22.0. The fraction of sp³-hybridized carbons (Fsp3) is 0.538. The van der Waals surface area contributed by atoms with Crippen LogP contribution in [0.1, 0.15) is 161 Å². The molecule has 0 bridgehead atoms. The third-order valence-corrected chi connectivity index (χ3v) is 9.03. The highest BCUT2D eigenvalue weighted by molar-refractivity contribution is 6.03. The van der Waals surface area contributed by atoms with Crippen LogP contribution in [0.15, 0.2) is 72.8 Å². The fourth-order valence-electron chi connectivity index (χ4n) is 5.78. The van der Waals surface area contributed by atoms with Gasteiger partial charge in [0.2, 0.25) is 0 Å². The summed E-state index contributed by atoms with van der Waals surface area (Å²) in [5.41, 5.74) is 5.51. The number of Topliss-reactive ketones (excluding diaryl/α,β-unsaturated/α-hetero) is 3. The Hall–Kier alpha value is -5.79. The highest BCUT2D eigenvalue weighted by Crippen LogP contribution is 2.26. The zero-order chi connectivity index (χ0) is 51.4. The second-order valence-corrected chi connectivity index (χ2v) is 22.4. The van der Waals surface area contributed by atoms with Gasteiger partial charge >= 0.3 is 18.3 Å². The zero-order valence-corrected chi connectivity index (χ0v) is 42.8.